The van der Waals surface area contributed by atoms with Crippen LogP contribution in [0.3, 0.4) is 0 Å². The molecule has 1 amide bonds. The molecule has 0 aromatic heterocycles. The molecule has 0 saturated carbocycles. The molecule has 0 bridgehead atoms. The lowest BCUT2D eigenvalue weighted by Gasteiger charge is -2.12. The summed E-state index contributed by atoms with van der Waals surface area (Å²) in [6, 6.07) is 25.2. The lowest BCUT2D eigenvalue weighted by atomic mass is 10.0. The number of sulfonamides is 1. The number of halogens is 1. The van der Waals surface area contributed by atoms with E-state index in [-0.39, 0.29) is 27.5 Å². The molecular weight excluding hydrogens is 500 g/mol. The molecule has 0 radical (unpaired) electrons. The van der Waals surface area contributed by atoms with Gasteiger partial charge in [0.1, 0.15) is 5.75 Å². The number of benzene rings is 4. The zero-order valence-electron chi connectivity index (χ0n) is 19.1. The van der Waals surface area contributed by atoms with E-state index >= 15 is 0 Å². The van der Waals surface area contributed by atoms with Crippen LogP contribution in [0.25, 0.3) is 0 Å². The van der Waals surface area contributed by atoms with Crippen molar-refractivity contribution < 1.29 is 22.7 Å². The van der Waals surface area contributed by atoms with E-state index in [0.29, 0.717) is 22.0 Å². The van der Waals surface area contributed by atoms with Crippen molar-refractivity contribution in [3.8, 4) is 5.75 Å². The second-order valence-electron chi connectivity index (χ2n) is 7.70. The first-order valence-corrected chi connectivity index (χ1v) is 12.6. The molecule has 0 aliphatic heterocycles. The maximum atomic E-state index is 13.0. The highest BCUT2D eigenvalue weighted by Gasteiger charge is 2.18. The summed E-state index contributed by atoms with van der Waals surface area (Å²) in [6.07, 6.45) is 0. The fraction of sp³-hybridized carbons (Fsp3) is 0.0370. The molecule has 0 fully saturated rings. The fourth-order valence-corrected chi connectivity index (χ4v) is 4.64. The summed E-state index contributed by atoms with van der Waals surface area (Å²) in [5.41, 5.74) is 1.58. The third kappa shape index (κ3) is 5.73. The summed E-state index contributed by atoms with van der Waals surface area (Å²) >= 11 is 6.10. The summed E-state index contributed by atoms with van der Waals surface area (Å²) in [4.78, 5) is 25.9. The van der Waals surface area contributed by atoms with E-state index in [1.54, 1.807) is 54.6 Å². The van der Waals surface area contributed by atoms with E-state index in [1.165, 1.54) is 49.6 Å². The van der Waals surface area contributed by atoms with E-state index in [0.717, 1.165) is 0 Å². The molecule has 2 N–H and O–H groups in total. The first-order valence-electron chi connectivity index (χ1n) is 10.7. The summed E-state index contributed by atoms with van der Waals surface area (Å²) in [7, 11) is -2.33. The molecule has 182 valence electrons. The Morgan fingerprint density at radius 1 is 0.806 bits per heavy atom. The molecule has 0 aliphatic rings. The average Bonchev–Trinajstić information content (AvgIpc) is 2.90. The minimum atomic E-state index is -3.82. The largest absolute Gasteiger partial charge is 0.497 e. The third-order valence-electron chi connectivity index (χ3n) is 5.28. The number of carbonyl (C=O) groups excluding carboxylic acids is 2. The Hall–Kier alpha value is -4.14. The second-order valence-corrected chi connectivity index (χ2v) is 9.82. The van der Waals surface area contributed by atoms with Crippen LogP contribution in [0.4, 0.5) is 11.4 Å². The topological polar surface area (TPSA) is 102 Å². The quantitative estimate of drug-likeness (QED) is 0.293. The van der Waals surface area contributed by atoms with Crippen LogP contribution in [0, 0.1) is 0 Å². The van der Waals surface area contributed by atoms with Gasteiger partial charge in [-0.25, -0.2) is 8.42 Å². The zero-order chi connectivity index (χ0) is 25.7. The van der Waals surface area contributed by atoms with Crippen molar-refractivity contribution in [1.29, 1.82) is 0 Å². The monoisotopic (exact) mass is 520 g/mol. The first-order chi connectivity index (χ1) is 17.3. The number of carbonyl (C=O) groups is 2. The summed E-state index contributed by atoms with van der Waals surface area (Å²) < 4.78 is 32.8. The van der Waals surface area contributed by atoms with Crippen molar-refractivity contribution in [2.45, 2.75) is 4.90 Å². The molecule has 9 heteroatoms. The van der Waals surface area contributed by atoms with Gasteiger partial charge in [-0.1, -0.05) is 41.9 Å². The number of ketones is 1. The predicted molar refractivity (Wildman–Crippen MR) is 140 cm³/mol. The molecule has 4 rings (SSSR count). The number of anilines is 2. The number of methoxy groups -OCH3 is 1. The van der Waals surface area contributed by atoms with E-state index in [1.807, 2.05) is 0 Å². The Bertz CT molecular complexity index is 1500. The van der Waals surface area contributed by atoms with Crippen LogP contribution in [-0.2, 0) is 10.0 Å². The lowest BCUT2D eigenvalue weighted by Crippen LogP contribution is -2.16. The van der Waals surface area contributed by atoms with Crippen molar-refractivity contribution in [2.75, 3.05) is 17.1 Å². The van der Waals surface area contributed by atoms with Crippen molar-refractivity contribution >= 4 is 44.7 Å². The molecule has 7 nitrogen and oxygen atoms in total. The molecular formula is C27H21ClN2O5S. The molecule has 4 aromatic rings. The minimum Gasteiger partial charge on any atom is -0.497 e. The van der Waals surface area contributed by atoms with Crippen LogP contribution in [0.15, 0.2) is 102 Å². The van der Waals surface area contributed by atoms with Crippen LogP contribution < -0.4 is 14.8 Å². The highest BCUT2D eigenvalue weighted by molar-refractivity contribution is 7.92. The van der Waals surface area contributed by atoms with Crippen molar-refractivity contribution in [1.82, 2.24) is 0 Å². The summed E-state index contributed by atoms with van der Waals surface area (Å²) in [5, 5.41) is 3.10. The number of nitrogens with one attached hydrogen (secondary N) is 2. The van der Waals surface area contributed by atoms with E-state index in [9.17, 15) is 18.0 Å². The van der Waals surface area contributed by atoms with Crippen LogP contribution in [0.2, 0.25) is 5.02 Å². The van der Waals surface area contributed by atoms with Gasteiger partial charge in [0.05, 0.1) is 17.7 Å². The van der Waals surface area contributed by atoms with Gasteiger partial charge in [0.15, 0.2) is 5.78 Å². The molecule has 0 atom stereocenters. The Labute approximate surface area is 213 Å². The molecule has 36 heavy (non-hydrogen) atoms. The van der Waals surface area contributed by atoms with Crippen LogP contribution in [-0.4, -0.2) is 27.2 Å². The van der Waals surface area contributed by atoms with Crippen LogP contribution >= 0.6 is 11.6 Å². The molecule has 0 aliphatic carbocycles. The Morgan fingerprint density at radius 3 is 2.11 bits per heavy atom. The fourth-order valence-electron chi connectivity index (χ4n) is 3.41. The van der Waals surface area contributed by atoms with Crippen molar-refractivity contribution in [3.05, 3.63) is 119 Å². The molecule has 0 saturated heterocycles. The smallest absolute Gasteiger partial charge is 0.261 e. The van der Waals surface area contributed by atoms with Gasteiger partial charge < -0.3 is 10.1 Å². The SMILES string of the molecule is COc1ccc(S(=O)(=O)Nc2ccc(C(=O)Nc3ccc(Cl)cc3C(=O)c3ccccc3)cc2)cc1. The molecule has 0 heterocycles. The van der Waals surface area contributed by atoms with Gasteiger partial charge >= 0.3 is 0 Å². The van der Waals surface area contributed by atoms with E-state index < -0.39 is 15.9 Å². The van der Waals surface area contributed by atoms with Gasteiger partial charge in [0.2, 0.25) is 0 Å². The average molecular weight is 521 g/mol. The molecule has 0 unspecified atom stereocenters. The number of hydrogen-bond acceptors (Lipinski definition) is 5. The zero-order valence-corrected chi connectivity index (χ0v) is 20.6. The number of ether oxygens (including phenoxy) is 1. The summed E-state index contributed by atoms with van der Waals surface area (Å²) in [5.74, 6) is -0.209. The molecule has 4 aromatic carbocycles. The molecule has 0 spiro atoms. The first kappa shape index (κ1) is 25.0. The van der Waals surface area contributed by atoms with Gasteiger partial charge in [-0.15, -0.1) is 0 Å². The van der Waals surface area contributed by atoms with E-state index in [4.69, 9.17) is 16.3 Å². The van der Waals surface area contributed by atoms with Gasteiger partial charge in [-0.05, 0) is 66.7 Å². The summed E-state index contributed by atoms with van der Waals surface area (Å²) in [6.45, 7) is 0. The van der Waals surface area contributed by atoms with Crippen molar-refractivity contribution in [3.63, 3.8) is 0 Å². The second kappa shape index (κ2) is 10.6. The Balaban J connectivity index is 1.50. The minimum absolute atomic E-state index is 0.0727. The Morgan fingerprint density at radius 2 is 1.47 bits per heavy atom. The lowest BCUT2D eigenvalue weighted by molar-refractivity contribution is 0.102. The third-order valence-corrected chi connectivity index (χ3v) is 6.91. The number of hydrogen-bond donors (Lipinski definition) is 2. The number of amides is 1. The maximum Gasteiger partial charge on any atom is 0.261 e. The standard InChI is InChI=1S/C27H21ClN2O5S/c1-35-22-12-14-23(15-13-22)36(33,34)30-21-10-7-19(8-11-21)27(32)29-25-16-9-20(28)17-24(25)26(31)18-5-3-2-4-6-18/h2-17,30H,1H3,(H,29,32). The van der Waals surface area contributed by atoms with Gasteiger partial charge in [-0.2, -0.15) is 0 Å². The van der Waals surface area contributed by atoms with Gasteiger partial charge in [0, 0.05) is 27.4 Å². The normalized spacial score (nSPS) is 10.9. The highest BCUT2D eigenvalue weighted by Crippen LogP contribution is 2.25. The van der Waals surface area contributed by atoms with Gasteiger partial charge in [0.25, 0.3) is 15.9 Å². The van der Waals surface area contributed by atoms with Crippen molar-refractivity contribution in [2.24, 2.45) is 0 Å². The highest BCUT2D eigenvalue weighted by atomic mass is 35.5. The van der Waals surface area contributed by atoms with Crippen LogP contribution in [0.1, 0.15) is 26.3 Å². The number of rotatable bonds is 8. The van der Waals surface area contributed by atoms with E-state index in [2.05, 4.69) is 10.0 Å². The van der Waals surface area contributed by atoms with Crippen LogP contribution in [0.5, 0.6) is 5.75 Å². The Kier molecular flexibility index (Phi) is 7.38. The predicted octanol–water partition coefficient (Wildman–Crippen LogP) is 5.63. The van der Waals surface area contributed by atoms with Gasteiger partial charge in [-0.3, -0.25) is 14.3 Å². The maximum absolute atomic E-state index is 13.0.